The molecule has 0 aromatic heterocycles. The van der Waals surface area contributed by atoms with E-state index in [4.69, 9.17) is 11.2 Å². The number of aryl methyl sites for hydroxylation is 1. The Labute approximate surface area is 208 Å². The largest absolute Gasteiger partial charge is 0.444 e. The van der Waals surface area contributed by atoms with Crippen molar-refractivity contribution in [1.29, 1.82) is 0 Å². The predicted molar refractivity (Wildman–Crippen MR) is 138 cm³/mol. The van der Waals surface area contributed by atoms with Gasteiger partial charge in [0, 0.05) is 12.1 Å². The molecule has 7 nitrogen and oxygen atoms in total. The third-order valence-electron chi connectivity index (χ3n) is 5.08. The number of thioether (sulfide) groups is 1. The fourth-order valence-electron chi connectivity index (χ4n) is 3.49. The number of carbonyl (C=O) groups is 3. The average molecular weight is 490 g/mol. The first-order chi connectivity index (χ1) is 15.9. The van der Waals surface area contributed by atoms with E-state index in [0.717, 1.165) is 23.3 Å². The van der Waals surface area contributed by atoms with E-state index in [2.05, 4.69) is 16.7 Å². The maximum Gasteiger partial charge on any atom is 0.408 e. The van der Waals surface area contributed by atoms with E-state index >= 15 is 0 Å². The Morgan fingerprint density at radius 3 is 2.35 bits per heavy atom. The van der Waals surface area contributed by atoms with Crippen molar-refractivity contribution >= 4 is 29.7 Å². The van der Waals surface area contributed by atoms with Crippen LogP contribution in [-0.2, 0) is 14.3 Å². The fourth-order valence-corrected chi connectivity index (χ4v) is 3.97. The highest BCUT2D eigenvalue weighted by molar-refractivity contribution is 7.98. The molecule has 34 heavy (non-hydrogen) atoms. The molecule has 0 spiro atoms. The van der Waals surface area contributed by atoms with Gasteiger partial charge in [0.15, 0.2) is 0 Å². The lowest BCUT2D eigenvalue weighted by Crippen LogP contribution is -2.52. The second kappa shape index (κ2) is 13.9. The van der Waals surface area contributed by atoms with E-state index in [0.29, 0.717) is 17.7 Å². The Hall–Kier alpha value is -2.66. The number of hydrogen-bond donors (Lipinski definition) is 2. The summed E-state index contributed by atoms with van der Waals surface area (Å²) in [6, 6.07) is 7.70. The normalized spacial score (nSPS) is 13.7. The van der Waals surface area contributed by atoms with Crippen LogP contribution in [0, 0.1) is 19.4 Å². The van der Waals surface area contributed by atoms with Gasteiger partial charge in [0.25, 0.3) is 5.91 Å². The zero-order chi connectivity index (χ0) is 25.9. The molecular formula is C26H39N3O4S. The minimum atomic E-state index is -1.03. The van der Waals surface area contributed by atoms with Crippen LogP contribution in [0.2, 0.25) is 0 Å². The summed E-state index contributed by atoms with van der Waals surface area (Å²) in [6.07, 6.45) is 9.06. The minimum absolute atomic E-state index is 0.0779. The van der Waals surface area contributed by atoms with Crippen molar-refractivity contribution in [3.63, 3.8) is 0 Å². The van der Waals surface area contributed by atoms with Crippen LogP contribution in [0.1, 0.15) is 71.0 Å². The van der Waals surface area contributed by atoms with Crippen molar-refractivity contribution in [3.05, 3.63) is 35.4 Å². The molecule has 0 aliphatic heterocycles. The van der Waals surface area contributed by atoms with Crippen molar-refractivity contribution in [1.82, 2.24) is 15.5 Å². The molecule has 1 rings (SSSR count). The molecule has 0 bridgehead atoms. The van der Waals surface area contributed by atoms with Crippen LogP contribution in [0.25, 0.3) is 0 Å². The number of rotatable bonds is 11. The van der Waals surface area contributed by atoms with E-state index in [-0.39, 0.29) is 11.9 Å². The van der Waals surface area contributed by atoms with E-state index in [1.807, 2.05) is 39.2 Å². The van der Waals surface area contributed by atoms with Gasteiger partial charge in [-0.15, -0.1) is 0 Å². The molecule has 1 aromatic rings. The lowest BCUT2D eigenvalue weighted by Gasteiger charge is -2.31. The fraction of sp³-hybridized carbons (Fsp3) is 0.577. The summed E-state index contributed by atoms with van der Waals surface area (Å²) in [5.74, 6) is -0.282. The number of carbonyl (C=O) groups excluding carboxylic acids is 3. The Morgan fingerprint density at radius 1 is 1.18 bits per heavy atom. The van der Waals surface area contributed by atoms with Gasteiger partial charge in [0.05, 0.1) is 0 Å². The quantitative estimate of drug-likeness (QED) is 0.355. The first kappa shape index (κ1) is 29.4. The molecular weight excluding hydrogens is 450 g/mol. The van der Waals surface area contributed by atoms with Gasteiger partial charge in [-0.2, -0.15) is 11.8 Å². The molecule has 2 N–H and O–H groups in total. The van der Waals surface area contributed by atoms with E-state index in [9.17, 15) is 14.4 Å². The SMILES string of the molecule is C#CN(C(=O)C(CCSC)NC(=O)OC(C)(C)C)C(C(=O)NC(C)CCC)c1ccccc1C. The maximum atomic E-state index is 13.6. The van der Waals surface area contributed by atoms with Crippen molar-refractivity contribution in [3.8, 4) is 12.5 Å². The third kappa shape index (κ3) is 9.30. The molecule has 0 saturated carbocycles. The van der Waals surface area contributed by atoms with Gasteiger partial charge in [-0.3, -0.25) is 14.5 Å². The van der Waals surface area contributed by atoms with E-state index < -0.39 is 29.7 Å². The summed E-state index contributed by atoms with van der Waals surface area (Å²) >= 11 is 1.54. The summed E-state index contributed by atoms with van der Waals surface area (Å²) in [6.45, 7) is 11.1. The Kier molecular flexibility index (Phi) is 12.0. The van der Waals surface area contributed by atoms with Crippen LogP contribution in [0.15, 0.2) is 24.3 Å². The van der Waals surface area contributed by atoms with Gasteiger partial charge in [0.1, 0.15) is 17.7 Å². The Bertz CT molecular complexity index is 876. The molecule has 8 heteroatoms. The zero-order valence-electron chi connectivity index (χ0n) is 21.4. The highest BCUT2D eigenvalue weighted by Gasteiger charge is 2.36. The molecule has 3 unspecified atom stereocenters. The van der Waals surface area contributed by atoms with Crippen molar-refractivity contribution < 1.29 is 19.1 Å². The van der Waals surface area contributed by atoms with E-state index in [1.165, 1.54) is 0 Å². The smallest absolute Gasteiger partial charge is 0.408 e. The standard InChI is InChI=1S/C26H39N3O4S/c1-9-13-19(4)27-23(30)22(20-15-12-11-14-18(20)3)29(10-2)24(31)21(16-17-34-8)28-25(32)33-26(5,6)7/h2,11-12,14-15,19,21-22H,9,13,16-17H2,1,3-8H3,(H,27,30)(H,28,32). The number of nitrogens with one attached hydrogen (secondary N) is 2. The summed E-state index contributed by atoms with van der Waals surface area (Å²) in [7, 11) is 0. The van der Waals surface area contributed by atoms with Crippen molar-refractivity contribution in [2.45, 2.75) is 84.5 Å². The number of nitrogens with zero attached hydrogens (tertiary/aromatic N) is 1. The van der Waals surface area contributed by atoms with Crippen LogP contribution in [0.4, 0.5) is 4.79 Å². The van der Waals surface area contributed by atoms with Gasteiger partial charge < -0.3 is 15.4 Å². The summed E-state index contributed by atoms with van der Waals surface area (Å²) in [4.78, 5) is 40.6. The first-order valence-corrected chi connectivity index (χ1v) is 13.0. The number of terminal acetylenes is 1. The second-order valence-electron chi connectivity index (χ2n) is 9.28. The lowest BCUT2D eigenvalue weighted by atomic mass is 9.98. The van der Waals surface area contributed by atoms with Gasteiger partial charge in [0.2, 0.25) is 5.91 Å². The predicted octanol–water partition coefficient (Wildman–Crippen LogP) is 4.41. The molecule has 3 amide bonds. The second-order valence-corrected chi connectivity index (χ2v) is 10.3. The van der Waals surface area contributed by atoms with E-state index in [1.54, 1.807) is 44.7 Å². The van der Waals surface area contributed by atoms with Crippen LogP contribution in [0.5, 0.6) is 0 Å². The number of alkyl carbamates (subject to hydrolysis) is 1. The molecule has 0 radical (unpaired) electrons. The molecule has 0 saturated heterocycles. The van der Waals surface area contributed by atoms with Crippen LogP contribution in [0.3, 0.4) is 0 Å². The van der Waals surface area contributed by atoms with Gasteiger partial charge in [-0.1, -0.05) is 44.0 Å². The number of benzene rings is 1. The average Bonchev–Trinajstić information content (AvgIpc) is 2.74. The first-order valence-electron chi connectivity index (χ1n) is 11.6. The number of hydrogen-bond acceptors (Lipinski definition) is 5. The monoisotopic (exact) mass is 489 g/mol. The molecule has 188 valence electrons. The molecule has 0 fully saturated rings. The maximum absolute atomic E-state index is 13.6. The highest BCUT2D eigenvalue weighted by atomic mass is 32.2. The summed E-state index contributed by atoms with van der Waals surface area (Å²) in [5.41, 5.74) is 0.748. The van der Waals surface area contributed by atoms with Crippen LogP contribution < -0.4 is 10.6 Å². The number of amides is 3. The lowest BCUT2D eigenvalue weighted by molar-refractivity contribution is -0.138. The van der Waals surface area contributed by atoms with Crippen LogP contribution in [-0.4, -0.2) is 52.5 Å². The Balaban J connectivity index is 3.35. The summed E-state index contributed by atoms with van der Waals surface area (Å²) < 4.78 is 5.34. The minimum Gasteiger partial charge on any atom is -0.444 e. The number of ether oxygens (including phenoxy) is 1. The van der Waals surface area contributed by atoms with Gasteiger partial charge in [-0.25, -0.2) is 4.79 Å². The highest BCUT2D eigenvalue weighted by Crippen LogP contribution is 2.26. The zero-order valence-corrected chi connectivity index (χ0v) is 22.3. The molecule has 3 atom stereocenters. The topological polar surface area (TPSA) is 87.7 Å². The molecule has 0 aliphatic carbocycles. The molecule has 0 aliphatic rings. The van der Waals surface area contributed by atoms with Crippen molar-refractivity contribution in [2.75, 3.05) is 12.0 Å². The van der Waals surface area contributed by atoms with Crippen LogP contribution >= 0.6 is 11.8 Å². The molecule has 0 heterocycles. The third-order valence-corrected chi connectivity index (χ3v) is 5.72. The van der Waals surface area contributed by atoms with Gasteiger partial charge >= 0.3 is 6.09 Å². The molecule has 1 aromatic carbocycles. The van der Waals surface area contributed by atoms with Gasteiger partial charge in [-0.05, 0) is 70.6 Å². The van der Waals surface area contributed by atoms with Crippen molar-refractivity contribution in [2.24, 2.45) is 0 Å². The summed E-state index contributed by atoms with van der Waals surface area (Å²) in [5, 5.41) is 5.64. The Morgan fingerprint density at radius 2 is 1.82 bits per heavy atom.